The molecule has 1 aliphatic heterocycles. The van der Waals surface area contributed by atoms with Crippen molar-refractivity contribution in [1.82, 2.24) is 5.32 Å². The van der Waals surface area contributed by atoms with Crippen LogP contribution in [0.2, 0.25) is 0 Å². The van der Waals surface area contributed by atoms with E-state index in [0.29, 0.717) is 18.2 Å². The number of nitrogens with one attached hydrogen (secondary N) is 1. The van der Waals surface area contributed by atoms with Crippen LogP contribution in [0.1, 0.15) is 25.0 Å². The standard InChI is InChI=1S/C14H21NO4/c1-10(4-5-16)7-15-8-12(17)11-2-3-13-14(6-11)19-9-18-13/h2-3,6,10,12,15-17H,4-5,7-9H2,1H3. The predicted octanol–water partition coefficient (Wildman–Crippen LogP) is 1.06. The van der Waals surface area contributed by atoms with Crippen molar-refractivity contribution in [3.05, 3.63) is 23.8 Å². The summed E-state index contributed by atoms with van der Waals surface area (Å²) >= 11 is 0. The Morgan fingerprint density at radius 1 is 1.26 bits per heavy atom. The van der Waals surface area contributed by atoms with E-state index in [-0.39, 0.29) is 13.4 Å². The minimum Gasteiger partial charge on any atom is -0.454 e. The molecule has 2 rings (SSSR count). The zero-order chi connectivity index (χ0) is 13.7. The number of rotatable bonds is 7. The highest BCUT2D eigenvalue weighted by Gasteiger charge is 2.16. The van der Waals surface area contributed by atoms with Crippen LogP contribution in [0.25, 0.3) is 0 Å². The molecule has 2 atom stereocenters. The van der Waals surface area contributed by atoms with E-state index in [1.165, 1.54) is 0 Å². The normalized spacial score (nSPS) is 16.4. The van der Waals surface area contributed by atoms with Gasteiger partial charge in [0.2, 0.25) is 6.79 Å². The number of aliphatic hydroxyl groups is 2. The highest BCUT2D eigenvalue weighted by molar-refractivity contribution is 5.45. The van der Waals surface area contributed by atoms with Crippen LogP contribution in [0.4, 0.5) is 0 Å². The van der Waals surface area contributed by atoms with Gasteiger partial charge in [0.1, 0.15) is 0 Å². The highest BCUT2D eigenvalue weighted by atomic mass is 16.7. The van der Waals surface area contributed by atoms with Crippen molar-refractivity contribution in [1.29, 1.82) is 0 Å². The first-order chi connectivity index (χ1) is 9.20. The summed E-state index contributed by atoms with van der Waals surface area (Å²) in [5, 5.41) is 22.1. The fourth-order valence-electron chi connectivity index (χ4n) is 2.03. The molecule has 0 fully saturated rings. The van der Waals surface area contributed by atoms with Gasteiger partial charge in [-0.25, -0.2) is 0 Å². The van der Waals surface area contributed by atoms with Gasteiger partial charge in [-0.05, 0) is 36.6 Å². The first kappa shape index (κ1) is 14.1. The van der Waals surface area contributed by atoms with Crippen molar-refractivity contribution >= 4 is 0 Å². The molecule has 0 aromatic heterocycles. The average molecular weight is 267 g/mol. The fraction of sp³-hybridized carbons (Fsp3) is 0.571. The molecule has 5 nitrogen and oxygen atoms in total. The first-order valence-electron chi connectivity index (χ1n) is 6.60. The lowest BCUT2D eigenvalue weighted by Crippen LogP contribution is -2.26. The smallest absolute Gasteiger partial charge is 0.231 e. The molecule has 5 heteroatoms. The quantitative estimate of drug-likeness (QED) is 0.689. The maximum Gasteiger partial charge on any atom is 0.231 e. The van der Waals surface area contributed by atoms with Crippen molar-refractivity contribution in [3.63, 3.8) is 0 Å². The maximum absolute atomic E-state index is 10.1. The summed E-state index contributed by atoms with van der Waals surface area (Å²) in [6, 6.07) is 5.47. The van der Waals surface area contributed by atoms with Crippen LogP contribution in [-0.4, -0.2) is 36.7 Å². The van der Waals surface area contributed by atoms with Gasteiger partial charge in [-0.3, -0.25) is 0 Å². The van der Waals surface area contributed by atoms with E-state index >= 15 is 0 Å². The first-order valence-corrected chi connectivity index (χ1v) is 6.60. The van der Waals surface area contributed by atoms with Crippen molar-refractivity contribution in [2.24, 2.45) is 5.92 Å². The van der Waals surface area contributed by atoms with E-state index in [2.05, 4.69) is 12.2 Å². The van der Waals surface area contributed by atoms with Crippen molar-refractivity contribution in [2.45, 2.75) is 19.4 Å². The topological polar surface area (TPSA) is 71.0 Å². The van der Waals surface area contributed by atoms with Gasteiger partial charge in [0.15, 0.2) is 11.5 Å². The molecule has 0 spiro atoms. The molecule has 0 saturated carbocycles. The van der Waals surface area contributed by atoms with Crippen molar-refractivity contribution < 1.29 is 19.7 Å². The summed E-state index contributed by atoms with van der Waals surface area (Å²) in [5.74, 6) is 1.81. The Morgan fingerprint density at radius 3 is 2.84 bits per heavy atom. The number of aliphatic hydroxyl groups excluding tert-OH is 2. The Bertz CT molecular complexity index is 410. The van der Waals surface area contributed by atoms with Crippen LogP contribution in [0.3, 0.4) is 0 Å². The number of hydrogen-bond acceptors (Lipinski definition) is 5. The molecule has 106 valence electrons. The molecule has 1 aliphatic rings. The highest BCUT2D eigenvalue weighted by Crippen LogP contribution is 2.34. The Labute approximate surface area is 113 Å². The number of benzene rings is 1. The molecular formula is C14H21NO4. The van der Waals surface area contributed by atoms with Gasteiger partial charge >= 0.3 is 0 Å². The summed E-state index contributed by atoms with van der Waals surface area (Å²) in [6.45, 7) is 3.77. The maximum atomic E-state index is 10.1. The lowest BCUT2D eigenvalue weighted by atomic mass is 10.1. The third kappa shape index (κ3) is 3.83. The minimum atomic E-state index is -0.573. The average Bonchev–Trinajstić information content (AvgIpc) is 2.86. The van der Waals surface area contributed by atoms with Crippen molar-refractivity contribution in [2.75, 3.05) is 26.5 Å². The van der Waals surface area contributed by atoms with Crippen LogP contribution < -0.4 is 14.8 Å². The van der Waals surface area contributed by atoms with Crippen LogP contribution >= 0.6 is 0 Å². The van der Waals surface area contributed by atoms with E-state index in [4.69, 9.17) is 14.6 Å². The van der Waals surface area contributed by atoms with Crippen molar-refractivity contribution in [3.8, 4) is 11.5 Å². The lowest BCUT2D eigenvalue weighted by molar-refractivity contribution is 0.168. The van der Waals surface area contributed by atoms with Crippen LogP contribution in [0.15, 0.2) is 18.2 Å². The van der Waals surface area contributed by atoms with E-state index < -0.39 is 6.10 Å². The van der Waals surface area contributed by atoms with Gasteiger partial charge in [-0.15, -0.1) is 0 Å². The number of hydrogen-bond donors (Lipinski definition) is 3. The summed E-state index contributed by atoms with van der Waals surface area (Å²) in [4.78, 5) is 0. The molecule has 19 heavy (non-hydrogen) atoms. The largest absolute Gasteiger partial charge is 0.454 e. The molecule has 1 aromatic rings. The third-order valence-electron chi connectivity index (χ3n) is 3.23. The Kier molecular flexibility index (Phi) is 5.01. The summed E-state index contributed by atoms with van der Waals surface area (Å²) in [5.41, 5.74) is 0.812. The number of fused-ring (bicyclic) bond motifs is 1. The van der Waals surface area contributed by atoms with E-state index in [9.17, 15) is 5.11 Å². The molecule has 0 amide bonds. The zero-order valence-corrected chi connectivity index (χ0v) is 11.1. The molecule has 1 heterocycles. The molecule has 1 aromatic carbocycles. The Morgan fingerprint density at radius 2 is 2.05 bits per heavy atom. The molecular weight excluding hydrogens is 246 g/mol. The zero-order valence-electron chi connectivity index (χ0n) is 11.1. The molecule has 2 unspecified atom stereocenters. The van der Waals surface area contributed by atoms with Gasteiger partial charge in [-0.1, -0.05) is 13.0 Å². The van der Waals surface area contributed by atoms with E-state index in [0.717, 1.165) is 24.3 Å². The number of ether oxygens (including phenoxy) is 2. The van der Waals surface area contributed by atoms with Gasteiger partial charge in [0.25, 0.3) is 0 Å². The summed E-state index contributed by atoms with van der Waals surface area (Å²) in [7, 11) is 0. The van der Waals surface area contributed by atoms with Gasteiger partial charge in [-0.2, -0.15) is 0 Å². The Hall–Kier alpha value is -1.30. The second-order valence-corrected chi connectivity index (χ2v) is 4.90. The molecule has 0 saturated heterocycles. The fourth-order valence-corrected chi connectivity index (χ4v) is 2.03. The van der Waals surface area contributed by atoms with E-state index in [1.807, 2.05) is 18.2 Å². The minimum absolute atomic E-state index is 0.202. The molecule has 3 N–H and O–H groups in total. The molecule has 0 bridgehead atoms. The summed E-state index contributed by atoms with van der Waals surface area (Å²) < 4.78 is 10.5. The second kappa shape index (κ2) is 6.75. The predicted molar refractivity (Wildman–Crippen MR) is 71.3 cm³/mol. The van der Waals surface area contributed by atoms with Crippen LogP contribution in [0.5, 0.6) is 11.5 Å². The SMILES string of the molecule is CC(CCO)CNCC(O)c1ccc2c(c1)OCO2. The van der Waals surface area contributed by atoms with Gasteiger partial charge in [0, 0.05) is 13.2 Å². The van der Waals surface area contributed by atoms with Crippen LogP contribution in [-0.2, 0) is 0 Å². The van der Waals surface area contributed by atoms with E-state index in [1.54, 1.807) is 0 Å². The third-order valence-corrected chi connectivity index (χ3v) is 3.23. The van der Waals surface area contributed by atoms with Gasteiger partial charge < -0.3 is 25.0 Å². The molecule has 0 radical (unpaired) electrons. The monoisotopic (exact) mass is 267 g/mol. The molecule has 0 aliphatic carbocycles. The second-order valence-electron chi connectivity index (χ2n) is 4.90. The van der Waals surface area contributed by atoms with Gasteiger partial charge in [0.05, 0.1) is 6.10 Å². The summed E-state index contributed by atoms with van der Waals surface area (Å²) in [6.07, 6.45) is 0.198. The lowest BCUT2D eigenvalue weighted by Gasteiger charge is -2.15. The Balaban J connectivity index is 1.81. The van der Waals surface area contributed by atoms with Crippen LogP contribution in [0, 0.1) is 5.92 Å².